The predicted octanol–water partition coefficient (Wildman–Crippen LogP) is 3.05. The van der Waals surface area contributed by atoms with Crippen LogP contribution in [0.4, 0.5) is 4.39 Å². The fourth-order valence-electron chi connectivity index (χ4n) is 3.23. The number of methoxy groups -OCH3 is 1. The minimum atomic E-state index is -0.382. The summed E-state index contributed by atoms with van der Waals surface area (Å²) in [7, 11) is 1.56. The minimum Gasteiger partial charge on any atom is -0.372 e. The van der Waals surface area contributed by atoms with Crippen molar-refractivity contribution in [2.45, 2.75) is 31.8 Å². The molecule has 1 N–H and O–H groups in total. The van der Waals surface area contributed by atoms with Gasteiger partial charge in [0.1, 0.15) is 11.9 Å². The molecule has 0 bridgehead atoms. The van der Waals surface area contributed by atoms with Gasteiger partial charge < -0.3 is 14.6 Å². The van der Waals surface area contributed by atoms with Gasteiger partial charge in [-0.2, -0.15) is 0 Å². The summed E-state index contributed by atoms with van der Waals surface area (Å²) >= 11 is 0. The second-order valence-corrected chi connectivity index (χ2v) is 5.91. The maximum atomic E-state index is 13.3. The summed E-state index contributed by atoms with van der Waals surface area (Å²) in [5.41, 5.74) is 2.06. The lowest BCUT2D eigenvalue weighted by Gasteiger charge is -2.33. The van der Waals surface area contributed by atoms with Crippen LogP contribution in [-0.2, 0) is 9.53 Å². The number of carbonyl (C=O) groups excluding carboxylic acids is 1. The molecule has 0 radical (unpaired) electrons. The normalized spacial score (nSPS) is 17.9. The number of ether oxygens (including phenoxy) is 1. The van der Waals surface area contributed by atoms with Crippen molar-refractivity contribution in [3.8, 4) is 0 Å². The maximum absolute atomic E-state index is 13.3. The first-order valence-electron chi connectivity index (χ1n) is 7.68. The number of hydrogen-bond acceptors (Lipinski definition) is 2. The molecule has 1 fully saturated rings. The Morgan fingerprint density at radius 1 is 1.41 bits per heavy atom. The third-order valence-electron chi connectivity index (χ3n) is 4.62. The van der Waals surface area contributed by atoms with Gasteiger partial charge in [-0.1, -0.05) is 0 Å². The van der Waals surface area contributed by atoms with E-state index in [2.05, 4.69) is 4.98 Å². The van der Waals surface area contributed by atoms with Gasteiger partial charge in [0.15, 0.2) is 0 Å². The fourth-order valence-corrected chi connectivity index (χ4v) is 3.23. The Morgan fingerprint density at radius 3 is 2.82 bits per heavy atom. The molecule has 1 atom stereocenters. The molecule has 1 amide bonds. The zero-order chi connectivity index (χ0) is 15.7. The molecule has 0 spiro atoms. The van der Waals surface area contributed by atoms with E-state index >= 15 is 0 Å². The van der Waals surface area contributed by atoms with E-state index in [0.717, 1.165) is 36.8 Å². The first kappa shape index (κ1) is 15.0. The van der Waals surface area contributed by atoms with Crippen molar-refractivity contribution < 1.29 is 13.9 Å². The van der Waals surface area contributed by atoms with Crippen LogP contribution in [0.5, 0.6) is 0 Å². The van der Waals surface area contributed by atoms with E-state index in [4.69, 9.17) is 4.74 Å². The maximum Gasteiger partial charge on any atom is 0.251 e. The van der Waals surface area contributed by atoms with Crippen molar-refractivity contribution in [1.82, 2.24) is 9.88 Å². The van der Waals surface area contributed by atoms with Crippen molar-refractivity contribution in [3.63, 3.8) is 0 Å². The lowest BCUT2D eigenvalue weighted by atomic mass is 9.89. The molecular formula is C17H21FN2O2. The molecule has 1 unspecified atom stereocenters. The summed E-state index contributed by atoms with van der Waals surface area (Å²) in [5.74, 6) is 0.234. The van der Waals surface area contributed by atoms with E-state index in [0.29, 0.717) is 5.92 Å². The highest BCUT2D eigenvalue weighted by Crippen LogP contribution is 2.33. The summed E-state index contributed by atoms with van der Waals surface area (Å²) in [6.45, 7) is 3.26. The number of benzene rings is 1. The number of amides is 1. The Morgan fingerprint density at radius 2 is 2.14 bits per heavy atom. The Labute approximate surface area is 129 Å². The molecule has 5 heteroatoms. The second kappa shape index (κ2) is 6.08. The SMILES string of the molecule is COC(C)C(=O)N1CCC(c2c[nH]c3cc(F)ccc23)CC1. The Bertz CT molecular complexity index is 674. The van der Waals surface area contributed by atoms with Crippen molar-refractivity contribution in [1.29, 1.82) is 0 Å². The number of halogens is 1. The van der Waals surface area contributed by atoms with Crippen LogP contribution in [0.2, 0.25) is 0 Å². The number of H-pyrrole nitrogens is 1. The van der Waals surface area contributed by atoms with Gasteiger partial charge in [-0.15, -0.1) is 0 Å². The zero-order valence-electron chi connectivity index (χ0n) is 12.9. The standard InChI is InChI=1S/C17H21FN2O2/c1-11(22-2)17(21)20-7-5-12(6-8-20)15-10-19-16-9-13(18)3-4-14(15)16/h3-4,9-12,19H,5-8H2,1-2H3. The van der Waals surface area contributed by atoms with Crippen LogP contribution < -0.4 is 0 Å². The van der Waals surface area contributed by atoms with Gasteiger partial charge in [-0.3, -0.25) is 4.79 Å². The number of nitrogens with zero attached hydrogens (tertiary/aromatic N) is 1. The molecule has 22 heavy (non-hydrogen) atoms. The highest BCUT2D eigenvalue weighted by Gasteiger charge is 2.27. The summed E-state index contributed by atoms with van der Waals surface area (Å²) in [4.78, 5) is 17.1. The minimum absolute atomic E-state index is 0.0574. The molecular weight excluding hydrogens is 283 g/mol. The van der Waals surface area contributed by atoms with Gasteiger partial charge in [0.2, 0.25) is 0 Å². The number of aromatic amines is 1. The van der Waals surface area contributed by atoms with Crippen LogP contribution >= 0.6 is 0 Å². The lowest BCUT2D eigenvalue weighted by molar-refractivity contribution is -0.142. The van der Waals surface area contributed by atoms with Crippen molar-refractivity contribution in [3.05, 3.63) is 35.8 Å². The zero-order valence-corrected chi connectivity index (χ0v) is 12.9. The highest BCUT2D eigenvalue weighted by molar-refractivity contribution is 5.84. The first-order valence-corrected chi connectivity index (χ1v) is 7.68. The van der Waals surface area contributed by atoms with Crippen LogP contribution in [0.1, 0.15) is 31.2 Å². The summed E-state index contributed by atoms with van der Waals surface area (Å²) in [6.07, 6.45) is 3.44. The quantitative estimate of drug-likeness (QED) is 0.947. The molecule has 0 aliphatic carbocycles. The number of piperidine rings is 1. The first-order chi connectivity index (χ1) is 10.6. The van der Waals surface area contributed by atoms with Crippen LogP contribution in [0, 0.1) is 5.82 Å². The van der Waals surface area contributed by atoms with Crippen molar-refractivity contribution in [2.75, 3.05) is 20.2 Å². The smallest absolute Gasteiger partial charge is 0.251 e. The fraction of sp³-hybridized carbons (Fsp3) is 0.471. The van der Waals surface area contributed by atoms with Gasteiger partial charge in [0.05, 0.1) is 0 Å². The highest BCUT2D eigenvalue weighted by atomic mass is 19.1. The van der Waals surface area contributed by atoms with E-state index in [1.165, 1.54) is 17.7 Å². The molecule has 1 aromatic carbocycles. The van der Waals surface area contributed by atoms with E-state index in [1.807, 2.05) is 17.2 Å². The van der Waals surface area contributed by atoms with E-state index in [9.17, 15) is 9.18 Å². The van der Waals surface area contributed by atoms with Gasteiger partial charge in [0, 0.05) is 37.3 Å². The number of rotatable bonds is 3. The van der Waals surface area contributed by atoms with Gasteiger partial charge >= 0.3 is 0 Å². The van der Waals surface area contributed by atoms with E-state index in [-0.39, 0.29) is 17.8 Å². The van der Waals surface area contributed by atoms with Gasteiger partial charge in [-0.25, -0.2) is 4.39 Å². The molecule has 1 aliphatic rings. The number of nitrogens with one attached hydrogen (secondary N) is 1. The number of carbonyl (C=O) groups is 1. The molecule has 4 nitrogen and oxygen atoms in total. The molecule has 118 valence electrons. The van der Waals surface area contributed by atoms with Crippen LogP contribution in [0.25, 0.3) is 10.9 Å². The third-order valence-corrected chi connectivity index (χ3v) is 4.62. The number of fused-ring (bicyclic) bond motifs is 1. The van der Waals surface area contributed by atoms with Crippen LogP contribution in [-0.4, -0.2) is 42.1 Å². The summed E-state index contributed by atoms with van der Waals surface area (Å²) in [6, 6.07) is 4.86. The average molecular weight is 304 g/mol. The second-order valence-electron chi connectivity index (χ2n) is 5.91. The van der Waals surface area contributed by atoms with Crippen LogP contribution in [0.3, 0.4) is 0 Å². The number of hydrogen-bond donors (Lipinski definition) is 1. The third kappa shape index (κ3) is 2.73. The number of aromatic nitrogens is 1. The summed E-state index contributed by atoms with van der Waals surface area (Å²) < 4.78 is 18.4. The molecule has 1 aliphatic heterocycles. The number of likely N-dealkylation sites (tertiary alicyclic amines) is 1. The average Bonchev–Trinajstić information content (AvgIpc) is 2.96. The predicted molar refractivity (Wildman–Crippen MR) is 83.3 cm³/mol. The van der Waals surface area contributed by atoms with E-state index in [1.54, 1.807) is 14.0 Å². The molecule has 1 saturated heterocycles. The molecule has 2 aromatic rings. The molecule has 2 heterocycles. The van der Waals surface area contributed by atoms with Gasteiger partial charge in [-0.05, 0) is 49.4 Å². The Kier molecular flexibility index (Phi) is 4.16. The molecule has 1 aromatic heterocycles. The monoisotopic (exact) mass is 304 g/mol. The molecule has 0 saturated carbocycles. The topological polar surface area (TPSA) is 45.3 Å². The van der Waals surface area contributed by atoms with Gasteiger partial charge in [0.25, 0.3) is 5.91 Å². The Balaban J connectivity index is 1.72. The Hall–Kier alpha value is -1.88. The van der Waals surface area contributed by atoms with E-state index < -0.39 is 0 Å². The van der Waals surface area contributed by atoms with Crippen molar-refractivity contribution in [2.24, 2.45) is 0 Å². The molecule has 3 rings (SSSR count). The lowest BCUT2D eigenvalue weighted by Crippen LogP contribution is -2.43. The largest absolute Gasteiger partial charge is 0.372 e. The summed E-state index contributed by atoms with van der Waals surface area (Å²) in [5, 5.41) is 1.08. The van der Waals surface area contributed by atoms with Crippen LogP contribution in [0.15, 0.2) is 24.4 Å². The van der Waals surface area contributed by atoms with Crippen molar-refractivity contribution >= 4 is 16.8 Å².